The van der Waals surface area contributed by atoms with E-state index in [1.807, 2.05) is 0 Å². The first kappa shape index (κ1) is 4.39. The maximum absolute atomic E-state index is 10.1. The molecule has 1 aliphatic rings. The molecule has 0 atom stereocenters. The molecule has 1 heterocycles. The molecule has 1 rings (SSSR count). The predicted molar refractivity (Wildman–Crippen MR) is 23.5 cm³/mol. The molecule has 1 fully saturated rings. The van der Waals surface area contributed by atoms with Crippen molar-refractivity contribution in [3.05, 3.63) is 5.21 Å². The molecule has 1 aliphatic heterocycles. The monoisotopic (exact) mass is 101 g/mol. The van der Waals surface area contributed by atoms with Crippen LogP contribution in [-0.4, -0.2) is 24.2 Å². The highest BCUT2D eigenvalue weighted by molar-refractivity contribution is 5.76. The van der Waals surface area contributed by atoms with E-state index in [0.29, 0.717) is 18.2 Å². The quantitative estimate of drug-likeness (QED) is 0.447. The predicted octanol–water partition coefficient (Wildman–Crippen LogP) is -0.491. The van der Waals surface area contributed by atoms with Crippen LogP contribution in [0.25, 0.3) is 0 Å². The van der Waals surface area contributed by atoms with Crippen molar-refractivity contribution < 1.29 is 4.79 Å². The van der Waals surface area contributed by atoms with Crippen molar-refractivity contribution in [2.24, 2.45) is 0 Å². The number of carbonyl (C=O) groups excluding carboxylic acids is 1. The summed E-state index contributed by atoms with van der Waals surface area (Å²) in [4.78, 5) is 10.1. The SMILES string of the molecule is O=C1NCCN1[O-]. The minimum absolute atomic E-state index is 0.291. The zero-order valence-corrected chi connectivity index (χ0v) is 3.68. The lowest BCUT2D eigenvalue weighted by atomic mass is 10.7. The highest BCUT2D eigenvalue weighted by Gasteiger charge is 2.08. The lowest BCUT2D eigenvalue weighted by Crippen LogP contribution is -2.21. The van der Waals surface area contributed by atoms with E-state index in [9.17, 15) is 10.0 Å². The number of carbonyl (C=O) groups is 1. The first-order valence-corrected chi connectivity index (χ1v) is 2.03. The standard InChI is InChI=1S/C3H5N2O2/c6-3-4-1-2-5(3)7/h1-2H2,(H,4,6)/q-1. The van der Waals surface area contributed by atoms with Crippen LogP contribution in [0.5, 0.6) is 0 Å². The highest BCUT2D eigenvalue weighted by Crippen LogP contribution is 1.89. The summed E-state index contributed by atoms with van der Waals surface area (Å²) in [7, 11) is 0. The van der Waals surface area contributed by atoms with Crippen LogP contribution in [0.4, 0.5) is 4.79 Å². The molecule has 1 N–H and O–H groups in total. The van der Waals surface area contributed by atoms with Crippen LogP contribution in [0.2, 0.25) is 0 Å². The van der Waals surface area contributed by atoms with Gasteiger partial charge in [0.1, 0.15) is 0 Å². The van der Waals surface area contributed by atoms with Gasteiger partial charge in [0.25, 0.3) is 0 Å². The fourth-order valence-electron chi connectivity index (χ4n) is 0.454. The minimum Gasteiger partial charge on any atom is -0.755 e. The van der Waals surface area contributed by atoms with Crippen LogP contribution in [0, 0.1) is 5.21 Å². The van der Waals surface area contributed by atoms with Gasteiger partial charge in [-0.15, -0.1) is 0 Å². The molecule has 0 unspecified atom stereocenters. The van der Waals surface area contributed by atoms with E-state index in [1.165, 1.54) is 0 Å². The molecule has 0 spiro atoms. The third kappa shape index (κ3) is 0.640. The Hall–Kier alpha value is -0.770. The second kappa shape index (κ2) is 1.38. The van der Waals surface area contributed by atoms with E-state index >= 15 is 0 Å². The summed E-state index contributed by atoms with van der Waals surface area (Å²) in [6.07, 6.45) is 0. The number of hydrogen-bond acceptors (Lipinski definition) is 2. The Bertz CT molecular complexity index is 92.9. The lowest BCUT2D eigenvalue weighted by Gasteiger charge is -2.17. The largest absolute Gasteiger partial charge is 0.755 e. The van der Waals surface area contributed by atoms with Crippen LogP contribution in [0.1, 0.15) is 0 Å². The Balaban J connectivity index is 2.48. The summed E-state index contributed by atoms with van der Waals surface area (Å²) in [5.74, 6) is 0. The van der Waals surface area contributed by atoms with E-state index in [-0.39, 0.29) is 0 Å². The van der Waals surface area contributed by atoms with Gasteiger partial charge in [0.05, 0.1) is 0 Å². The van der Waals surface area contributed by atoms with Gasteiger partial charge < -0.3 is 15.6 Å². The highest BCUT2D eigenvalue weighted by atomic mass is 16.5. The average molecular weight is 101 g/mol. The fourth-order valence-corrected chi connectivity index (χ4v) is 0.454. The number of rotatable bonds is 0. The zero-order chi connectivity index (χ0) is 5.28. The van der Waals surface area contributed by atoms with Gasteiger partial charge in [-0.05, 0) is 0 Å². The Morgan fingerprint density at radius 3 is 2.71 bits per heavy atom. The molecule has 0 aromatic heterocycles. The molecule has 4 nitrogen and oxygen atoms in total. The van der Waals surface area contributed by atoms with E-state index in [1.54, 1.807) is 0 Å². The zero-order valence-electron chi connectivity index (χ0n) is 3.68. The van der Waals surface area contributed by atoms with Crippen molar-refractivity contribution in [2.75, 3.05) is 13.1 Å². The van der Waals surface area contributed by atoms with Gasteiger partial charge in [-0.1, -0.05) is 0 Å². The molecule has 7 heavy (non-hydrogen) atoms. The van der Waals surface area contributed by atoms with Crippen LogP contribution in [0.15, 0.2) is 0 Å². The second-order valence-electron chi connectivity index (χ2n) is 1.33. The van der Waals surface area contributed by atoms with Crippen molar-refractivity contribution in [2.45, 2.75) is 0 Å². The van der Waals surface area contributed by atoms with Gasteiger partial charge in [0.15, 0.2) is 0 Å². The topological polar surface area (TPSA) is 55.4 Å². The first-order chi connectivity index (χ1) is 3.30. The van der Waals surface area contributed by atoms with Crippen molar-refractivity contribution in [3.8, 4) is 0 Å². The molecule has 0 aromatic carbocycles. The van der Waals surface area contributed by atoms with Gasteiger partial charge in [-0.25, -0.2) is 4.79 Å². The van der Waals surface area contributed by atoms with Gasteiger partial charge in [-0.2, -0.15) is 0 Å². The van der Waals surface area contributed by atoms with Gasteiger partial charge in [0.2, 0.25) is 0 Å². The Morgan fingerprint density at radius 1 is 1.86 bits per heavy atom. The molecule has 0 saturated carbocycles. The molecule has 0 radical (unpaired) electrons. The number of amides is 2. The van der Waals surface area contributed by atoms with Crippen LogP contribution < -0.4 is 5.32 Å². The van der Waals surface area contributed by atoms with E-state index in [0.717, 1.165) is 0 Å². The van der Waals surface area contributed by atoms with Crippen LogP contribution in [-0.2, 0) is 0 Å². The van der Waals surface area contributed by atoms with Gasteiger partial charge in [0, 0.05) is 13.1 Å². The van der Waals surface area contributed by atoms with Crippen LogP contribution >= 0.6 is 0 Å². The number of urea groups is 1. The molecule has 4 heteroatoms. The molecule has 0 aliphatic carbocycles. The van der Waals surface area contributed by atoms with E-state index in [4.69, 9.17) is 0 Å². The number of hydroxylamine groups is 2. The summed E-state index contributed by atoms with van der Waals surface area (Å²) >= 11 is 0. The molecular weight excluding hydrogens is 96.0 g/mol. The summed E-state index contributed by atoms with van der Waals surface area (Å²) in [6.45, 7) is 0.779. The Labute approximate surface area is 40.7 Å². The lowest BCUT2D eigenvalue weighted by molar-refractivity contribution is 0.230. The molecule has 0 aromatic rings. The summed E-state index contributed by atoms with van der Waals surface area (Å²) in [5.41, 5.74) is 0. The third-order valence-corrected chi connectivity index (χ3v) is 0.818. The molecule has 0 bridgehead atoms. The van der Waals surface area contributed by atoms with Gasteiger partial charge in [-0.3, -0.25) is 0 Å². The molecule has 1 saturated heterocycles. The maximum Gasteiger partial charge on any atom is 0.306 e. The summed E-state index contributed by atoms with van der Waals surface area (Å²) in [6, 6.07) is -0.514. The summed E-state index contributed by atoms with van der Waals surface area (Å²) < 4.78 is 0. The second-order valence-corrected chi connectivity index (χ2v) is 1.33. The van der Waals surface area contributed by atoms with Crippen molar-refractivity contribution in [3.63, 3.8) is 0 Å². The maximum atomic E-state index is 10.1. The number of nitrogens with one attached hydrogen (secondary N) is 1. The van der Waals surface area contributed by atoms with Gasteiger partial charge >= 0.3 is 6.03 Å². The van der Waals surface area contributed by atoms with Crippen molar-refractivity contribution in [1.29, 1.82) is 0 Å². The number of hydrogen-bond donors (Lipinski definition) is 1. The Kier molecular flexibility index (Phi) is 0.867. The van der Waals surface area contributed by atoms with Crippen molar-refractivity contribution in [1.82, 2.24) is 10.4 Å². The summed E-state index contributed by atoms with van der Waals surface area (Å²) in [5, 5.41) is 12.8. The minimum atomic E-state index is -0.514. The van der Waals surface area contributed by atoms with Crippen molar-refractivity contribution >= 4 is 6.03 Å². The third-order valence-electron chi connectivity index (χ3n) is 0.818. The molecule has 2 amide bonds. The normalized spacial score (nSPS) is 20.1. The fraction of sp³-hybridized carbons (Fsp3) is 0.667. The van der Waals surface area contributed by atoms with Crippen LogP contribution in [0.3, 0.4) is 0 Å². The molecular formula is C3H5N2O2-. The average Bonchev–Trinajstić information content (AvgIpc) is 1.91. The van der Waals surface area contributed by atoms with E-state index in [2.05, 4.69) is 5.32 Å². The first-order valence-electron chi connectivity index (χ1n) is 2.03. The Morgan fingerprint density at radius 2 is 2.57 bits per heavy atom. The smallest absolute Gasteiger partial charge is 0.306 e. The number of nitrogens with zero attached hydrogens (tertiary/aromatic N) is 1. The van der Waals surface area contributed by atoms with E-state index < -0.39 is 6.03 Å². The molecule has 40 valence electrons.